The predicted octanol–water partition coefficient (Wildman–Crippen LogP) is 10.8. The average Bonchev–Trinajstić information content (AvgIpc) is 3.16. The molecule has 0 atom stereocenters. The van der Waals surface area contributed by atoms with Crippen molar-refractivity contribution in [1.29, 1.82) is 0 Å². The molecule has 6 aromatic carbocycles. The normalized spacial score (nSPS) is 15.2. The van der Waals surface area contributed by atoms with Crippen molar-refractivity contribution in [2.24, 2.45) is 5.73 Å². The molecular formula is C45H45NO3. The van der Waals surface area contributed by atoms with E-state index in [0.717, 1.165) is 88.6 Å². The van der Waals surface area contributed by atoms with Crippen LogP contribution in [-0.4, -0.2) is 18.8 Å². The largest absolute Gasteiger partial charge is 0.507 e. The van der Waals surface area contributed by atoms with Crippen LogP contribution in [0.15, 0.2) is 133 Å². The molecule has 1 aliphatic carbocycles. The van der Waals surface area contributed by atoms with Gasteiger partial charge in [-0.1, -0.05) is 116 Å². The number of aromatic hydroxyl groups is 1. The summed E-state index contributed by atoms with van der Waals surface area (Å²) in [6.45, 7) is 2.76. The van der Waals surface area contributed by atoms with E-state index in [-0.39, 0.29) is 11.2 Å². The monoisotopic (exact) mass is 647 g/mol. The van der Waals surface area contributed by atoms with Gasteiger partial charge in [0.2, 0.25) is 0 Å². The number of phenols is 1. The summed E-state index contributed by atoms with van der Waals surface area (Å²) in [6.07, 6.45) is 5.42. The van der Waals surface area contributed by atoms with Crippen LogP contribution in [0.25, 0.3) is 33.0 Å². The van der Waals surface area contributed by atoms with E-state index in [9.17, 15) is 5.11 Å². The summed E-state index contributed by atoms with van der Waals surface area (Å²) >= 11 is 0. The SMILES string of the molecule is CCCCOc1cc(C2(N)CCC(c3ccccc3)(c3ccccc3)CC2)c(-c2ccccc2)c2cc(-c3ccc(OC)cc3)c(O)cc12. The van der Waals surface area contributed by atoms with Gasteiger partial charge < -0.3 is 20.3 Å². The van der Waals surface area contributed by atoms with Crippen LogP contribution in [0.2, 0.25) is 0 Å². The van der Waals surface area contributed by atoms with Gasteiger partial charge in [0.15, 0.2) is 0 Å². The molecule has 4 nitrogen and oxygen atoms in total. The van der Waals surface area contributed by atoms with Crippen LogP contribution in [0.4, 0.5) is 0 Å². The molecule has 0 amide bonds. The Balaban J connectivity index is 1.42. The summed E-state index contributed by atoms with van der Waals surface area (Å²) in [4.78, 5) is 0. The summed E-state index contributed by atoms with van der Waals surface area (Å²) in [5.41, 5.74) is 14.6. The van der Waals surface area contributed by atoms with Gasteiger partial charge in [0.25, 0.3) is 0 Å². The van der Waals surface area contributed by atoms with Crippen molar-refractivity contribution in [3.05, 3.63) is 150 Å². The molecule has 7 rings (SSSR count). The van der Waals surface area contributed by atoms with Crippen LogP contribution >= 0.6 is 0 Å². The van der Waals surface area contributed by atoms with Crippen molar-refractivity contribution >= 4 is 10.8 Å². The molecule has 1 aliphatic rings. The highest BCUT2D eigenvalue weighted by atomic mass is 16.5. The second-order valence-corrected chi connectivity index (χ2v) is 13.5. The summed E-state index contributed by atoms with van der Waals surface area (Å²) in [5, 5.41) is 13.4. The lowest BCUT2D eigenvalue weighted by molar-refractivity contribution is 0.228. The van der Waals surface area contributed by atoms with Crippen LogP contribution < -0.4 is 15.2 Å². The molecule has 0 radical (unpaired) electrons. The Kier molecular flexibility index (Phi) is 9.16. The Morgan fingerprint density at radius 1 is 0.673 bits per heavy atom. The van der Waals surface area contributed by atoms with Gasteiger partial charge in [0.1, 0.15) is 17.2 Å². The number of hydrogen-bond donors (Lipinski definition) is 2. The minimum atomic E-state index is -0.604. The second-order valence-electron chi connectivity index (χ2n) is 13.5. The number of phenolic OH excluding ortho intramolecular Hbond substituents is 1. The number of fused-ring (bicyclic) bond motifs is 1. The van der Waals surface area contributed by atoms with Gasteiger partial charge in [-0.3, -0.25) is 0 Å². The minimum absolute atomic E-state index is 0.122. The molecule has 6 aromatic rings. The highest BCUT2D eigenvalue weighted by Crippen LogP contribution is 2.53. The highest BCUT2D eigenvalue weighted by molar-refractivity contribution is 6.05. The summed E-state index contributed by atoms with van der Waals surface area (Å²) in [5.74, 6) is 1.75. The Bertz CT molecular complexity index is 1970. The Labute approximate surface area is 290 Å². The first-order chi connectivity index (χ1) is 24.0. The van der Waals surface area contributed by atoms with Gasteiger partial charge in [-0.05, 0) is 101 Å². The Hall–Kier alpha value is -5.06. The first kappa shape index (κ1) is 32.5. The number of ether oxygens (including phenoxy) is 2. The number of hydrogen-bond acceptors (Lipinski definition) is 4. The molecule has 248 valence electrons. The van der Waals surface area contributed by atoms with Gasteiger partial charge in [0, 0.05) is 21.9 Å². The third-order valence-electron chi connectivity index (χ3n) is 10.6. The maximum Gasteiger partial charge on any atom is 0.127 e. The van der Waals surface area contributed by atoms with E-state index in [4.69, 9.17) is 15.2 Å². The molecule has 0 bridgehead atoms. The number of benzene rings is 6. The third kappa shape index (κ3) is 6.18. The summed E-state index contributed by atoms with van der Waals surface area (Å²) in [7, 11) is 1.66. The molecule has 0 spiro atoms. The maximum atomic E-state index is 11.5. The van der Waals surface area contributed by atoms with E-state index in [1.165, 1.54) is 11.1 Å². The first-order valence-corrected chi connectivity index (χ1v) is 17.5. The lowest BCUT2D eigenvalue weighted by Gasteiger charge is -2.46. The molecule has 0 unspecified atom stereocenters. The van der Waals surface area contributed by atoms with Gasteiger partial charge in [-0.25, -0.2) is 0 Å². The van der Waals surface area contributed by atoms with E-state index in [1.54, 1.807) is 7.11 Å². The van der Waals surface area contributed by atoms with Crippen molar-refractivity contribution in [3.8, 4) is 39.5 Å². The van der Waals surface area contributed by atoms with Crippen molar-refractivity contribution in [1.82, 2.24) is 0 Å². The molecule has 49 heavy (non-hydrogen) atoms. The lowest BCUT2D eigenvalue weighted by Crippen LogP contribution is -2.46. The highest BCUT2D eigenvalue weighted by Gasteiger charge is 2.45. The minimum Gasteiger partial charge on any atom is -0.507 e. The van der Waals surface area contributed by atoms with Crippen molar-refractivity contribution in [2.45, 2.75) is 56.4 Å². The second kappa shape index (κ2) is 13.8. The molecule has 1 saturated carbocycles. The first-order valence-electron chi connectivity index (χ1n) is 17.5. The van der Waals surface area contributed by atoms with Crippen LogP contribution in [0.1, 0.15) is 62.1 Å². The third-order valence-corrected chi connectivity index (χ3v) is 10.6. The van der Waals surface area contributed by atoms with Gasteiger partial charge in [0.05, 0.1) is 13.7 Å². The van der Waals surface area contributed by atoms with Gasteiger partial charge in [-0.15, -0.1) is 0 Å². The zero-order chi connectivity index (χ0) is 33.8. The fourth-order valence-corrected chi connectivity index (χ4v) is 7.83. The zero-order valence-electron chi connectivity index (χ0n) is 28.5. The van der Waals surface area contributed by atoms with E-state index in [2.05, 4.69) is 110 Å². The van der Waals surface area contributed by atoms with E-state index >= 15 is 0 Å². The molecule has 0 aromatic heterocycles. The predicted molar refractivity (Wildman–Crippen MR) is 201 cm³/mol. The van der Waals surface area contributed by atoms with Crippen LogP contribution in [0.3, 0.4) is 0 Å². The Morgan fingerprint density at radius 3 is 1.84 bits per heavy atom. The van der Waals surface area contributed by atoms with E-state index in [0.29, 0.717) is 6.61 Å². The van der Waals surface area contributed by atoms with Gasteiger partial charge >= 0.3 is 0 Å². The molecule has 0 heterocycles. The fraction of sp³-hybridized carbons (Fsp3) is 0.244. The van der Waals surface area contributed by atoms with Crippen molar-refractivity contribution in [3.63, 3.8) is 0 Å². The topological polar surface area (TPSA) is 64.7 Å². The van der Waals surface area contributed by atoms with Crippen molar-refractivity contribution in [2.75, 3.05) is 13.7 Å². The van der Waals surface area contributed by atoms with Crippen molar-refractivity contribution < 1.29 is 14.6 Å². The maximum absolute atomic E-state index is 11.5. The molecule has 0 aliphatic heterocycles. The van der Waals surface area contributed by atoms with Crippen LogP contribution in [-0.2, 0) is 11.0 Å². The smallest absolute Gasteiger partial charge is 0.127 e. The van der Waals surface area contributed by atoms with Crippen LogP contribution in [0.5, 0.6) is 17.2 Å². The number of nitrogens with two attached hydrogens (primary N) is 1. The van der Waals surface area contributed by atoms with E-state index < -0.39 is 5.54 Å². The Morgan fingerprint density at radius 2 is 1.27 bits per heavy atom. The quantitative estimate of drug-likeness (QED) is 0.145. The average molecular weight is 648 g/mol. The van der Waals surface area contributed by atoms with Crippen LogP contribution in [0, 0.1) is 0 Å². The fourth-order valence-electron chi connectivity index (χ4n) is 7.83. The standard InChI is InChI=1S/C45H45NO3/c1-3-4-28-49-42-31-40(45(46)26-24-44(25-27-45,34-16-10-6-11-17-34)35-18-12-7-13-19-35)43(33-14-8-5-9-15-33)39-29-37(41(47)30-38(39)42)32-20-22-36(48-2)23-21-32/h5-23,29-31,47H,3-4,24-28,46H2,1-2H3. The van der Waals surface area contributed by atoms with E-state index in [1.807, 2.05) is 30.3 Å². The molecular weight excluding hydrogens is 602 g/mol. The number of methoxy groups -OCH3 is 1. The lowest BCUT2D eigenvalue weighted by atomic mass is 9.59. The summed E-state index contributed by atoms with van der Waals surface area (Å²) in [6, 6.07) is 46.4. The summed E-state index contributed by atoms with van der Waals surface area (Å²) < 4.78 is 12.0. The molecule has 4 heteroatoms. The zero-order valence-corrected chi connectivity index (χ0v) is 28.5. The van der Waals surface area contributed by atoms with Gasteiger partial charge in [-0.2, -0.15) is 0 Å². The molecule has 0 saturated heterocycles. The molecule has 3 N–H and O–H groups in total. The number of unbranched alkanes of at least 4 members (excludes halogenated alkanes) is 1. The number of rotatable bonds is 10. The molecule has 1 fully saturated rings.